The molecule has 17 heavy (non-hydrogen) atoms. The molecule has 3 heteroatoms. The van der Waals surface area contributed by atoms with Crippen LogP contribution in [-0.2, 0) is 4.74 Å². The summed E-state index contributed by atoms with van der Waals surface area (Å²) in [4.78, 5) is 2.62. The minimum Gasteiger partial charge on any atom is -0.372 e. The Hall–Kier alpha value is -0.120. The van der Waals surface area contributed by atoms with Crippen molar-refractivity contribution >= 4 is 0 Å². The molecule has 0 spiro atoms. The normalized spacial score (nSPS) is 29.5. The average Bonchev–Trinajstić information content (AvgIpc) is 2.99. The van der Waals surface area contributed by atoms with Gasteiger partial charge in [-0.05, 0) is 52.5 Å². The zero-order valence-corrected chi connectivity index (χ0v) is 11.6. The third kappa shape index (κ3) is 4.23. The molecule has 100 valence electrons. The molecule has 0 aromatic carbocycles. The van der Waals surface area contributed by atoms with Crippen LogP contribution in [0.5, 0.6) is 0 Å². The second-order valence-electron chi connectivity index (χ2n) is 6.01. The van der Waals surface area contributed by atoms with Crippen LogP contribution in [0.2, 0.25) is 0 Å². The van der Waals surface area contributed by atoms with Crippen molar-refractivity contribution in [1.82, 2.24) is 10.2 Å². The topological polar surface area (TPSA) is 24.5 Å². The van der Waals surface area contributed by atoms with E-state index in [0.717, 1.165) is 19.0 Å². The quantitative estimate of drug-likeness (QED) is 0.735. The van der Waals surface area contributed by atoms with Crippen molar-refractivity contribution in [3.8, 4) is 0 Å². The maximum absolute atomic E-state index is 6.08. The number of hydrogen-bond acceptors (Lipinski definition) is 3. The van der Waals surface area contributed by atoms with Crippen molar-refractivity contribution in [3.05, 3.63) is 0 Å². The van der Waals surface area contributed by atoms with Crippen LogP contribution in [0.4, 0.5) is 0 Å². The molecule has 0 radical (unpaired) electrons. The molecule has 0 bridgehead atoms. The molecule has 1 N–H and O–H groups in total. The summed E-state index contributed by atoms with van der Waals surface area (Å²) in [6, 6.07) is 0.655. The number of rotatable bonds is 7. The van der Waals surface area contributed by atoms with Gasteiger partial charge in [-0.15, -0.1) is 0 Å². The van der Waals surface area contributed by atoms with E-state index in [0.29, 0.717) is 18.2 Å². The van der Waals surface area contributed by atoms with Crippen LogP contribution in [0, 0.1) is 5.92 Å². The molecule has 2 unspecified atom stereocenters. The van der Waals surface area contributed by atoms with Crippen LogP contribution >= 0.6 is 0 Å². The summed E-state index contributed by atoms with van der Waals surface area (Å²) in [5, 5.41) is 3.21. The second kappa shape index (κ2) is 6.17. The van der Waals surface area contributed by atoms with Crippen molar-refractivity contribution in [3.63, 3.8) is 0 Å². The highest BCUT2D eigenvalue weighted by Gasteiger charge is 2.30. The van der Waals surface area contributed by atoms with Gasteiger partial charge >= 0.3 is 0 Å². The molecule has 1 saturated carbocycles. The summed E-state index contributed by atoms with van der Waals surface area (Å²) < 4.78 is 6.08. The van der Waals surface area contributed by atoms with Crippen molar-refractivity contribution in [2.75, 3.05) is 26.7 Å². The SMILES string of the molecule is CNCC1CCC(CN(CC2CC2)C(C)C)O1. The van der Waals surface area contributed by atoms with Crippen molar-refractivity contribution in [2.45, 2.75) is 57.8 Å². The molecule has 0 aromatic rings. The van der Waals surface area contributed by atoms with Gasteiger partial charge in [0, 0.05) is 25.7 Å². The molecule has 2 aliphatic rings. The molecule has 2 rings (SSSR count). The fraction of sp³-hybridized carbons (Fsp3) is 1.00. The lowest BCUT2D eigenvalue weighted by molar-refractivity contribution is 0.0170. The molecule has 1 heterocycles. The summed E-state index contributed by atoms with van der Waals surface area (Å²) in [7, 11) is 2.00. The van der Waals surface area contributed by atoms with Gasteiger partial charge < -0.3 is 10.1 Å². The van der Waals surface area contributed by atoms with E-state index in [1.54, 1.807) is 0 Å². The fourth-order valence-electron chi connectivity index (χ4n) is 2.68. The van der Waals surface area contributed by atoms with Crippen LogP contribution in [0.15, 0.2) is 0 Å². The van der Waals surface area contributed by atoms with Gasteiger partial charge in [-0.3, -0.25) is 4.90 Å². The van der Waals surface area contributed by atoms with E-state index in [2.05, 4.69) is 24.1 Å². The standard InChI is InChI=1S/C14H28N2O/c1-11(2)16(9-12-4-5-12)10-14-7-6-13(17-14)8-15-3/h11-15H,4-10H2,1-3H3. The van der Waals surface area contributed by atoms with Gasteiger partial charge in [-0.1, -0.05) is 0 Å². The van der Waals surface area contributed by atoms with E-state index in [1.807, 2.05) is 7.05 Å². The zero-order chi connectivity index (χ0) is 12.3. The highest BCUT2D eigenvalue weighted by Crippen LogP contribution is 2.31. The van der Waals surface area contributed by atoms with Crippen LogP contribution < -0.4 is 5.32 Å². The maximum Gasteiger partial charge on any atom is 0.0707 e. The van der Waals surface area contributed by atoms with E-state index in [1.165, 1.54) is 32.2 Å². The van der Waals surface area contributed by atoms with Crippen LogP contribution in [0.1, 0.15) is 39.5 Å². The predicted octanol–water partition coefficient (Wildman–Crippen LogP) is 1.87. The third-order valence-corrected chi connectivity index (χ3v) is 3.99. The van der Waals surface area contributed by atoms with Crippen LogP contribution in [-0.4, -0.2) is 49.8 Å². The minimum atomic E-state index is 0.444. The summed E-state index contributed by atoms with van der Waals surface area (Å²) in [5.74, 6) is 0.979. The highest BCUT2D eigenvalue weighted by molar-refractivity contribution is 4.83. The first-order valence-corrected chi connectivity index (χ1v) is 7.23. The molecule has 0 amide bonds. The largest absolute Gasteiger partial charge is 0.372 e. The average molecular weight is 240 g/mol. The Kier molecular flexibility index (Phi) is 4.83. The van der Waals surface area contributed by atoms with E-state index >= 15 is 0 Å². The third-order valence-electron chi connectivity index (χ3n) is 3.99. The Labute approximate surface area is 106 Å². The first-order valence-electron chi connectivity index (χ1n) is 7.23. The Balaban J connectivity index is 1.73. The maximum atomic E-state index is 6.08. The fourth-order valence-corrected chi connectivity index (χ4v) is 2.68. The van der Waals surface area contributed by atoms with Gasteiger partial charge in [0.25, 0.3) is 0 Å². The van der Waals surface area contributed by atoms with Gasteiger partial charge in [0.1, 0.15) is 0 Å². The summed E-state index contributed by atoms with van der Waals surface area (Å²) in [6.45, 7) is 8.04. The Morgan fingerprint density at radius 1 is 1.12 bits per heavy atom. The molecule has 1 aliphatic carbocycles. The molecule has 0 aromatic heterocycles. The van der Waals surface area contributed by atoms with Gasteiger partial charge in [0.05, 0.1) is 12.2 Å². The number of hydrogen-bond donors (Lipinski definition) is 1. The van der Waals surface area contributed by atoms with Crippen molar-refractivity contribution in [1.29, 1.82) is 0 Å². The van der Waals surface area contributed by atoms with Gasteiger partial charge in [0.15, 0.2) is 0 Å². The lowest BCUT2D eigenvalue weighted by Crippen LogP contribution is -2.39. The van der Waals surface area contributed by atoms with E-state index in [-0.39, 0.29) is 0 Å². The van der Waals surface area contributed by atoms with E-state index in [9.17, 15) is 0 Å². The lowest BCUT2D eigenvalue weighted by Gasteiger charge is -2.29. The van der Waals surface area contributed by atoms with E-state index < -0.39 is 0 Å². The first-order chi connectivity index (χ1) is 8.19. The number of nitrogens with zero attached hydrogens (tertiary/aromatic N) is 1. The van der Waals surface area contributed by atoms with Crippen molar-refractivity contribution in [2.24, 2.45) is 5.92 Å². The van der Waals surface area contributed by atoms with Gasteiger partial charge in [-0.25, -0.2) is 0 Å². The summed E-state index contributed by atoms with van der Waals surface area (Å²) in [5.41, 5.74) is 0. The Morgan fingerprint density at radius 3 is 2.41 bits per heavy atom. The number of ether oxygens (including phenoxy) is 1. The first kappa shape index (κ1) is 13.3. The molecular weight excluding hydrogens is 212 g/mol. The molecule has 2 atom stereocenters. The zero-order valence-electron chi connectivity index (χ0n) is 11.6. The lowest BCUT2D eigenvalue weighted by atomic mass is 10.1. The number of nitrogens with one attached hydrogen (secondary N) is 1. The van der Waals surface area contributed by atoms with Gasteiger partial charge in [0.2, 0.25) is 0 Å². The molecule has 1 saturated heterocycles. The van der Waals surface area contributed by atoms with E-state index in [4.69, 9.17) is 4.74 Å². The highest BCUT2D eigenvalue weighted by atomic mass is 16.5. The molecule has 1 aliphatic heterocycles. The Bertz CT molecular complexity index is 228. The summed E-state index contributed by atoms with van der Waals surface area (Å²) in [6.07, 6.45) is 6.25. The molecule has 3 nitrogen and oxygen atoms in total. The molecular formula is C14H28N2O. The van der Waals surface area contributed by atoms with Crippen LogP contribution in [0.25, 0.3) is 0 Å². The second-order valence-corrected chi connectivity index (χ2v) is 6.01. The monoisotopic (exact) mass is 240 g/mol. The minimum absolute atomic E-state index is 0.444. The smallest absolute Gasteiger partial charge is 0.0707 e. The Morgan fingerprint density at radius 2 is 1.82 bits per heavy atom. The predicted molar refractivity (Wildman–Crippen MR) is 71.3 cm³/mol. The summed E-state index contributed by atoms with van der Waals surface area (Å²) >= 11 is 0. The van der Waals surface area contributed by atoms with Gasteiger partial charge in [-0.2, -0.15) is 0 Å². The van der Waals surface area contributed by atoms with Crippen LogP contribution in [0.3, 0.4) is 0 Å². The number of likely N-dealkylation sites (N-methyl/N-ethyl adjacent to an activating group) is 1. The van der Waals surface area contributed by atoms with Crippen molar-refractivity contribution < 1.29 is 4.74 Å². The molecule has 2 fully saturated rings.